The number of alkyl halides is 3. The summed E-state index contributed by atoms with van der Waals surface area (Å²) in [6, 6.07) is 3.10. The highest BCUT2D eigenvalue weighted by atomic mass is 32.1. The van der Waals surface area contributed by atoms with Gasteiger partial charge in [0.05, 0.1) is 11.3 Å². The van der Waals surface area contributed by atoms with Gasteiger partial charge in [-0.3, -0.25) is 4.79 Å². The Bertz CT molecular complexity index is 649. The van der Waals surface area contributed by atoms with Crippen LogP contribution in [-0.2, 0) is 12.6 Å². The van der Waals surface area contributed by atoms with E-state index in [1.54, 1.807) is 0 Å². The van der Waals surface area contributed by atoms with Gasteiger partial charge in [0.15, 0.2) is 0 Å². The Labute approximate surface area is 117 Å². The molecule has 0 atom stereocenters. The van der Waals surface area contributed by atoms with Gasteiger partial charge in [0.25, 0.3) is 0 Å². The summed E-state index contributed by atoms with van der Waals surface area (Å²) >= 11 is 0.963. The van der Waals surface area contributed by atoms with Crippen molar-refractivity contribution < 1.29 is 18.0 Å². The van der Waals surface area contributed by atoms with Gasteiger partial charge in [0.2, 0.25) is 5.78 Å². The van der Waals surface area contributed by atoms with Crippen molar-refractivity contribution in [3.63, 3.8) is 0 Å². The van der Waals surface area contributed by atoms with Gasteiger partial charge in [-0.1, -0.05) is 17.5 Å². The van der Waals surface area contributed by atoms with Crippen LogP contribution >= 0.6 is 11.5 Å². The van der Waals surface area contributed by atoms with E-state index in [4.69, 9.17) is 0 Å². The third kappa shape index (κ3) is 2.72. The molecule has 0 amide bonds. The normalized spacial score (nSPS) is 11.7. The van der Waals surface area contributed by atoms with Gasteiger partial charge < -0.3 is 0 Å². The van der Waals surface area contributed by atoms with Crippen molar-refractivity contribution in [2.24, 2.45) is 0 Å². The fraction of sp³-hybridized carbons (Fsp3) is 0.308. The zero-order valence-electron chi connectivity index (χ0n) is 10.8. The highest BCUT2D eigenvalue weighted by Crippen LogP contribution is 2.31. The molecule has 2 aromatic rings. The third-order valence-electron chi connectivity index (χ3n) is 2.90. The molecule has 0 saturated carbocycles. The maximum atomic E-state index is 12.6. The minimum absolute atomic E-state index is 0.249. The van der Waals surface area contributed by atoms with Crippen molar-refractivity contribution in [2.75, 3.05) is 0 Å². The van der Waals surface area contributed by atoms with Crippen LogP contribution in [0.1, 0.15) is 39.0 Å². The van der Waals surface area contributed by atoms with Crippen molar-refractivity contribution in [3.05, 3.63) is 45.5 Å². The summed E-state index contributed by atoms with van der Waals surface area (Å²) < 4.78 is 41.5. The summed E-state index contributed by atoms with van der Waals surface area (Å²) in [4.78, 5) is 12.7. The first-order valence-electron chi connectivity index (χ1n) is 5.88. The summed E-state index contributed by atoms with van der Waals surface area (Å²) in [6.07, 6.45) is -3.86. The molecule has 0 N–H and O–H groups in total. The molecule has 7 heteroatoms. The SMILES string of the molecule is CCc1nnsc1C(=O)c1ccc(C(F)(F)F)cc1C. The second-order valence-corrected chi connectivity index (χ2v) is 5.01. The Morgan fingerprint density at radius 2 is 2.05 bits per heavy atom. The molecule has 20 heavy (non-hydrogen) atoms. The predicted molar refractivity (Wildman–Crippen MR) is 68.9 cm³/mol. The lowest BCUT2D eigenvalue weighted by Gasteiger charge is -2.10. The van der Waals surface area contributed by atoms with E-state index in [1.807, 2.05) is 6.92 Å². The highest BCUT2D eigenvalue weighted by molar-refractivity contribution is 7.08. The quantitative estimate of drug-likeness (QED) is 0.812. The first kappa shape index (κ1) is 14.6. The molecule has 0 fully saturated rings. The number of carbonyl (C=O) groups is 1. The Morgan fingerprint density at radius 1 is 1.35 bits per heavy atom. The number of aryl methyl sites for hydroxylation is 2. The van der Waals surface area contributed by atoms with E-state index in [0.717, 1.165) is 23.7 Å². The summed E-state index contributed by atoms with van der Waals surface area (Å²) in [5.74, 6) is -0.330. The zero-order valence-corrected chi connectivity index (χ0v) is 11.6. The van der Waals surface area contributed by atoms with Gasteiger partial charge in [0, 0.05) is 5.56 Å². The van der Waals surface area contributed by atoms with Gasteiger partial charge in [-0.25, -0.2) is 0 Å². The largest absolute Gasteiger partial charge is 0.416 e. The number of hydrogen-bond donors (Lipinski definition) is 0. The fourth-order valence-corrected chi connectivity index (χ4v) is 2.53. The Morgan fingerprint density at radius 3 is 2.60 bits per heavy atom. The first-order valence-corrected chi connectivity index (χ1v) is 6.65. The molecule has 2 rings (SSSR count). The van der Waals surface area contributed by atoms with Crippen LogP contribution in [0.25, 0.3) is 0 Å². The minimum Gasteiger partial charge on any atom is -0.288 e. The molecular weight excluding hydrogens is 289 g/mol. The van der Waals surface area contributed by atoms with Crippen molar-refractivity contribution in [3.8, 4) is 0 Å². The highest BCUT2D eigenvalue weighted by Gasteiger charge is 2.31. The molecule has 0 radical (unpaired) electrons. The maximum Gasteiger partial charge on any atom is 0.416 e. The molecule has 0 aliphatic rings. The van der Waals surface area contributed by atoms with E-state index >= 15 is 0 Å². The topological polar surface area (TPSA) is 42.9 Å². The monoisotopic (exact) mass is 300 g/mol. The smallest absolute Gasteiger partial charge is 0.288 e. The molecule has 3 nitrogen and oxygen atoms in total. The van der Waals surface area contributed by atoms with Crippen molar-refractivity contribution in [2.45, 2.75) is 26.4 Å². The molecular formula is C13H11F3N2OS. The lowest BCUT2D eigenvalue weighted by molar-refractivity contribution is -0.137. The van der Waals surface area contributed by atoms with Crippen LogP contribution in [0.4, 0.5) is 13.2 Å². The molecule has 1 aromatic heterocycles. The second-order valence-electron chi connectivity index (χ2n) is 4.26. The molecule has 1 heterocycles. The van der Waals surface area contributed by atoms with Crippen LogP contribution in [-0.4, -0.2) is 15.4 Å². The molecule has 0 aliphatic carbocycles. The van der Waals surface area contributed by atoms with Crippen LogP contribution in [0.2, 0.25) is 0 Å². The maximum absolute atomic E-state index is 12.6. The molecule has 106 valence electrons. The number of rotatable bonds is 3. The Hall–Kier alpha value is -1.76. The Balaban J connectivity index is 2.42. The molecule has 1 aromatic carbocycles. The van der Waals surface area contributed by atoms with Crippen LogP contribution in [0.3, 0.4) is 0 Å². The van der Waals surface area contributed by atoms with Gasteiger partial charge >= 0.3 is 6.18 Å². The number of benzene rings is 1. The molecule has 0 bridgehead atoms. The van der Waals surface area contributed by atoms with E-state index in [0.29, 0.717) is 22.6 Å². The van der Waals surface area contributed by atoms with E-state index in [9.17, 15) is 18.0 Å². The molecule has 0 unspecified atom stereocenters. The summed E-state index contributed by atoms with van der Waals surface area (Å²) in [5.41, 5.74) is 0.350. The van der Waals surface area contributed by atoms with Crippen LogP contribution in [0.15, 0.2) is 18.2 Å². The molecule has 0 spiro atoms. The first-order chi connectivity index (χ1) is 9.34. The van der Waals surface area contributed by atoms with E-state index in [2.05, 4.69) is 9.59 Å². The molecule has 0 aliphatic heterocycles. The van der Waals surface area contributed by atoms with Crippen LogP contribution in [0.5, 0.6) is 0 Å². The average Bonchev–Trinajstić information content (AvgIpc) is 2.85. The number of nitrogens with zero attached hydrogens (tertiary/aromatic N) is 2. The third-order valence-corrected chi connectivity index (χ3v) is 3.66. The van der Waals surface area contributed by atoms with Gasteiger partial charge in [-0.05, 0) is 42.6 Å². The number of halogens is 3. The average molecular weight is 300 g/mol. The van der Waals surface area contributed by atoms with Gasteiger partial charge in [0.1, 0.15) is 4.88 Å². The van der Waals surface area contributed by atoms with E-state index in [-0.39, 0.29) is 11.3 Å². The summed E-state index contributed by atoms with van der Waals surface area (Å²) in [6.45, 7) is 3.33. The molecule has 0 saturated heterocycles. The zero-order chi connectivity index (χ0) is 14.9. The lowest BCUT2D eigenvalue weighted by Crippen LogP contribution is -2.09. The minimum atomic E-state index is -4.41. The van der Waals surface area contributed by atoms with Crippen molar-refractivity contribution in [1.82, 2.24) is 9.59 Å². The number of carbonyl (C=O) groups excluding carboxylic acids is 1. The van der Waals surface area contributed by atoms with Crippen LogP contribution in [0, 0.1) is 6.92 Å². The van der Waals surface area contributed by atoms with Crippen molar-refractivity contribution >= 4 is 17.3 Å². The summed E-state index contributed by atoms with van der Waals surface area (Å²) in [5, 5.41) is 3.84. The standard InChI is InChI=1S/C13H11F3N2OS/c1-3-10-12(20-18-17-10)11(19)9-5-4-8(6-7(9)2)13(14,15)16/h4-6H,3H2,1-2H3. The summed E-state index contributed by atoms with van der Waals surface area (Å²) in [7, 11) is 0. The van der Waals surface area contributed by atoms with Gasteiger partial charge in [-0.2, -0.15) is 13.2 Å². The van der Waals surface area contributed by atoms with Gasteiger partial charge in [-0.15, -0.1) is 5.10 Å². The van der Waals surface area contributed by atoms with E-state index < -0.39 is 11.7 Å². The number of ketones is 1. The van der Waals surface area contributed by atoms with E-state index in [1.165, 1.54) is 13.0 Å². The predicted octanol–water partition coefficient (Wildman–Crippen LogP) is 3.66. The second kappa shape index (κ2) is 5.32. The Kier molecular flexibility index (Phi) is 3.89. The number of aromatic nitrogens is 2. The van der Waals surface area contributed by atoms with Crippen LogP contribution < -0.4 is 0 Å². The van der Waals surface area contributed by atoms with Crippen molar-refractivity contribution in [1.29, 1.82) is 0 Å². The number of hydrogen-bond acceptors (Lipinski definition) is 4. The lowest BCUT2D eigenvalue weighted by atomic mass is 10.00. The fourth-order valence-electron chi connectivity index (χ4n) is 1.83.